The zero-order valence-corrected chi connectivity index (χ0v) is 15.6. The Morgan fingerprint density at radius 2 is 1.50 bits per heavy atom. The maximum Gasteiger partial charge on any atom is 0.261 e. The minimum atomic E-state index is -3.78. The van der Waals surface area contributed by atoms with Gasteiger partial charge in [0.25, 0.3) is 11.8 Å². The SMILES string of the molecule is CC(C)(C)c1ccc2c(c1)C(=O)N(Cc1ccc(S(N)(=O)=O)cc1)C2=O. The first kappa shape index (κ1) is 18.3. The molecule has 0 atom stereocenters. The monoisotopic (exact) mass is 372 g/mol. The van der Waals surface area contributed by atoms with Gasteiger partial charge in [0.15, 0.2) is 0 Å². The third kappa shape index (κ3) is 3.27. The van der Waals surface area contributed by atoms with E-state index in [1.807, 2.05) is 26.8 Å². The van der Waals surface area contributed by atoms with Crippen LogP contribution in [-0.2, 0) is 22.0 Å². The van der Waals surface area contributed by atoms with Gasteiger partial charge in [-0.25, -0.2) is 13.6 Å². The molecule has 0 bridgehead atoms. The van der Waals surface area contributed by atoms with Crippen molar-refractivity contribution in [1.82, 2.24) is 4.90 Å². The lowest BCUT2D eigenvalue weighted by molar-refractivity contribution is 0.0642. The second kappa shape index (κ2) is 6.03. The van der Waals surface area contributed by atoms with Crippen molar-refractivity contribution >= 4 is 21.8 Å². The van der Waals surface area contributed by atoms with Crippen molar-refractivity contribution in [2.24, 2.45) is 5.14 Å². The van der Waals surface area contributed by atoms with Crippen LogP contribution in [0.3, 0.4) is 0 Å². The minimum absolute atomic E-state index is 0.0153. The van der Waals surface area contributed by atoms with Gasteiger partial charge in [0.1, 0.15) is 0 Å². The van der Waals surface area contributed by atoms with Gasteiger partial charge in [-0.15, -0.1) is 0 Å². The molecule has 7 heteroatoms. The van der Waals surface area contributed by atoms with Gasteiger partial charge in [0.2, 0.25) is 10.0 Å². The van der Waals surface area contributed by atoms with Gasteiger partial charge in [-0.2, -0.15) is 0 Å². The Kier molecular flexibility index (Phi) is 4.24. The summed E-state index contributed by atoms with van der Waals surface area (Å²) in [5.74, 6) is -0.687. The smallest absolute Gasteiger partial charge is 0.261 e. The molecule has 0 saturated heterocycles. The molecule has 1 heterocycles. The van der Waals surface area contributed by atoms with Crippen molar-refractivity contribution in [3.05, 3.63) is 64.7 Å². The van der Waals surface area contributed by atoms with Crippen LogP contribution in [0.1, 0.15) is 52.6 Å². The van der Waals surface area contributed by atoms with Crippen LogP contribution in [0.4, 0.5) is 0 Å². The quantitative estimate of drug-likeness (QED) is 0.837. The fourth-order valence-electron chi connectivity index (χ4n) is 2.87. The van der Waals surface area contributed by atoms with Crippen molar-refractivity contribution in [3.8, 4) is 0 Å². The number of fused-ring (bicyclic) bond motifs is 1. The maximum atomic E-state index is 12.7. The highest BCUT2D eigenvalue weighted by Gasteiger charge is 2.36. The molecule has 2 N–H and O–H groups in total. The molecule has 0 aliphatic carbocycles. The predicted molar refractivity (Wildman–Crippen MR) is 97.2 cm³/mol. The summed E-state index contributed by atoms with van der Waals surface area (Å²) >= 11 is 0. The first-order valence-corrected chi connectivity index (χ1v) is 9.65. The number of primary sulfonamides is 1. The number of carbonyl (C=O) groups is 2. The molecule has 1 aliphatic rings. The largest absolute Gasteiger partial charge is 0.270 e. The molecule has 0 radical (unpaired) electrons. The lowest BCUT2D eigenvalue weighted by atomic mass is 9.85. The van der Waals surface area contributed by atoms with Crippen molar-refractivity contribution < 1.29 is 18.0 Å². The standard InChI is InChI=1S/C19H20N2O4S/c1-19(2,3)13-6-9-15-16(10-13)18(23)21(17(15)22)11-12-4-7-14(8-5-12)26(20,24)25/h4-10H,11H2,1-3H3,(H2,20,24,25). The molecular formula is C19H20N2O4S. The Labute approximate surface area is 152 Å². The van der Waals surface area contributed by atoms with E-state index >= 15 is 0 Å². The van der Waals surface area contributed by atoms with E-state index in [0.29, 0.717) is 16.7 Å². The Hall–Kier alpha value is -2.51. The zero-order chi connectivity index (χ0) is 19.3. The molecule has 6 nitrogen and oxygen atoms in total. The zero-order valence-electron chi connectivity index (χ0n) is 14.8. The summed E-state index contributed by atoms with van der Waals surface area (Å²) in [6.07, 6.45) is 0. The number of nitrogens with zero attached hydrogens (tertiary/aromatic N) is 1. The number of amides is 2. The maximum absolute atomic E-state index is 12.7. The molecule has 0 aromatic heterocycles. The fourth-order valence-corrected chi connectivity index (χ4v) is 3.38. The van der Waals surface area contributed by atoms with Crippen LogP contribution in [0.15, 0.2) is 47.4 Å². The summed E-state index contributed by atoms with van der Waals surface area (Å²) in [7, 11) is -3.78. The molecule has 0 saturated carbocycles. The Balaban J connectivity index is 1.88. The van der Waals surface area contributed by atoms with Crippen LogP contribution in [0, 0.1) is 0 Å². The van der Waals surface area contributed by atoms with Crippen molar-refractivity contribution in [2.75, 3.05) is 0 Å². The van der Waals surface area contributed by atoms with Crippen molar-refractivity contribution in [1.29, 1.82) is 0 Å². The van der Waals surface area contributed by atoms with Gasteiger partial charge in [0.05, 0.1) is 22.6 Å². The molecule has 2 amide bonds. The summed E-state index contributed by atoms with van der Waals surface area (Å²) in [4.78, 5) is 26.4. The number of carbonyl (C=O) groups excluding carboxylic acids is 2. The molecule has 2 aromatic rings. The van der Waals surface area contributed by atoms with E-state index < -0.39 is 10.0 Å². The second-order valence-electron chi connectivity index (χ2n) is 7.40. The van der Waals surface area contributed by atoms with Crippen LogP contribution in [0.2, 0.25) is 0 Å². The number of nitrogens with two attached hydrogens (primary N) is 1. The van der Waals surface area contributed by atoms with Gasteiger partial charge in [0, 0.05) is 0 Å². The number of sulfonamides is 1. The number of hydrogen-bond acceptors (Lipinski definition) is 4. The van der Waals surface area contributed by atoms with Crippen molar-refractivity contribution in [3.63, 3.8) is 0 Å². The second-order valence-corrected chi connectivity index (χ2v) is 8.96. The normalized spacial score (nSPS) is 14.7. The van der Waals surface area contributed by atoms with Crippen LogP contribution < -0.4 is 5.14 Å². The Bertz CT molecular complexity index is 1000. The molecule has 0 unspecified atom stereocenters. The lowest BCUT2D eigenvalue weighted by Crippen LogP contribution is -2.29. The molecule has 2 aromatic carbocycles. The number of hydrogen-bond donors (Lipinski definition) is 1. The fraction of sp³-hybridized carbons (Fsp3) is 0.263. The molecule has 0 fully saturated rings. The van der Waals surface area contributed by atoms with E-state index in [9.17, 15) is 18.0 Å². The average molecular weight is 372 g/mol. The van der Waals surface area contributed by atoms with Gasteiger partial charge < -0.3 is 0 Å². The third-order valence-electron chi connectivity index (χ3n) is 4.43. The molecule has 3 rings (SSSR count). The first-order chi connectivity index (χ1) is 12.0. The topological polar surface area (TPSA) is 97.5 Å². The average Bonchev–Trinajstić information content (AvgIpc) is 2.78. The highest BCUT2D eigenvalue weighted by molar-refractivity contribution is 7.89. The van der Waals surface area contributed by atoms with Crippen LogP contribution in [-0.4, -0.2) is 25.1 Å². The summed E-state index contributed by atoms with van der Waals surface area (Å²) in [6, 6.07) is 11.2. The summed E-state index contributed by atoms with van der Waals surface area (Å²) < 4.78 is 22.6. The van der Waals surface area contributed by atoms with Crippen LogP contribution in [0.25, 0.3) is 0 Å². The van der Waals surface area contributed by atoms with Gasteiger partial charge in [-0.3, -0.25) is 14.5 Å². The van der Waals surface area contributed by atoms with Crippen LogP contribution in [0.5, 0.6) is 0 Å². The molecule has 136 valence electrons. The minimum Gasteiger partial charge on any atom is -0.270 e. The highest BCUT2D eigenvalue weighted by atomic mass is 32.2. The summed E-state index contributed by atoms with van der Waals surface area (Å²) in [5.41, 5.74) is 2.29. The number of rotatable bonds is 3. The summed E-state index contributed by atoms with van der Waals surface area (Å²) in [6.45, 7) is 6.20. The summed E-state index contributed by atoms with van der Waals surface area (Å²) in [5, 5.41) is 5.07. The van der Waals surface area contributed by atoms with E-state index in [1.54, 1.807) is 24.3 Å². The Morgan fingerprint density at radius 1 is 0.923 bits per heavy atom. The molecule has 1 aliphatic heterocycles. The van der Waals surface area contributed by atoms with Gasteiger partial charge >= 0.3 is 0 Å². The van der Waals surface area contributed by atoms with E-state index in [4.69, 9.17) is 5.14 Å². The van der Waals surface area contributed by atoms with Gasteiger partial charge in [-0.1, -0.05) is 39.0 Å². The first-order valence-electron chi connectivity index (χ1n) is 8.11. The predicted octanol–water partition coefficient (Wildman–Crippen LogP) is 2.43. The molecular weight excluding hydrogens is 352 g/mol. The van der Waals surface area contributed by atoms with Gasteiger partial charge in [-0.05, 0) is 40.8 Å². The number of benzene rings is 2. The number of imide groups is 1. The van der Waals surface area contributed by atoms with E-state index in [-0.39, 0.29) is 28.7 Å². The van der Waals surface area contributed by atoms with E-state index in [1.165, 1.54) is 17.0 Å². The van der Waals surface area contributed by atoms with Crippen molar-refractivity contribution in [2.45, 2.75) is 37.6 Å². The highest BCUT2D eigenvalue weighted by Crippen LogP contribution is 2.30. The lowest BCUT2D eigenvalue weighted by Gasteiger charge is -2.19. The Morgan fingerprint density at radius 3 is 2.04 bits per heavy atom. The van der Waals surface area contributed by atoms with E-state index in [0.717, 1.165) is 5.56 Å². The van der Waals surface area contributed by atoms with E-state index in [2.05, 4.69) is 0 Å². The third-order valence-corrected chi connectivity index (χ3v) is 5.36. The molecule has 26 heavy (non-hydrogen) atoms. The van der Waals surface area contributed by atoms with Crippen LogP contribution >= 0.6 is 0 Å². The molecule has 0 spiro atoms.